The Kier molecular flexibility index (Phi) is 7.48. The van der Waals surface area contributed by atoms with E-state index in [4.69, 9.17) is 9.47 Å². The molecule has 3 rings (SSSR count). The van der Waals surface area contributed by atoms with Gasteiger partial charge in [0.1, 0.15) is 11.5 Å². The molecule has 2 atom stereocenters. The van der Waals surface area contributed by atoms with E-state index >= 15 is 0 Å². The number of nitrogens with zero attached hydrogens (tertiary/aromatic N) is 1. The first kappa shape index (κ1) is 23.4. The molecule has 1 aliphatic heterocycles. The molecule has 0 radical (unpaired) electrons. The van der Waals surface area contributed by atoms with Crippen molar-refractivity contribution in [3.63, 3.8) is 0 Å². The lowest BCUT2D eigenvalue weighted by Crippen LogP contribution is -2.30. The SMILES string of the molecule is COC(=O)CC(c1ccc(OC)c(Br)c1)N1CCCC1c1ccc(OC(F)(F)F)cc1. The zero-order valence-electron chi connectivity index (χ0n) is 17.1. The second-order valence-corrected chi connectivity index (χ2v) is 8.06. The molecule has 0 spiro atoms. The van der Waals surface area contributed by atoms with Gasteiger partial charge in [0.25, 0.3) is 0 Å². The molecule has 2 unspecified atom stereocenters. The summed E-state index contributed by atoms with van der Waals surface area (Å²) in [5, 5.41) is 0. The number of carbonyl (C=O) groups excluding carboxylic acids is 1. The van der Waals surface area contributed by atoms with Crippen molar-refractivity contribution in [2.45, 2.75) is 37.7 Å². The number of alkyl halides is 3. The molecule has 1 heterocycles. The fraction of sp³-hybridized carbons (Fsp3) is 0.409. The third-order valence-electron chi connectivity index (χ3n) is 5.34. The van der Waals surface area contributed by atoms with Crippen LogP contribution in [0.5, 0.6) is 11.5 Å². The van der Waals surface area contributed by atoms with Gasteiger partial charge in [0.05, 0.1) is 25.1 Å². The third-order valence-corrected chi connectivity index (χ3v) is 5.96. The van der Waals surface area contributed by atoms with Crippen molar-refractivity contribution < 1.29 is 32.2 Å². The van der Waals surface area contributed by atoms with Gasteiger partial charge >= 0.3 is 12.3 Å². The Balaban J connectivity index is 1.89. The quantitative estimate of drug-likeness (QED) is 0.449. The number of halogens is 4. The molecule has 5 nitrogen and oxygen atoms in total. The third kappa shape index (κ3) is 5.92. The maximum Gasteiger partial charge on any atom is 0.573 e. The van der Waals surface area contributed by atoms with Gasteiger partial charge in [-0.2, -0.15) is 0 Å². The zero-order valence-corrected chi connectivity index (χ0v) is 18.7. The van der Waals surface area contributed by atoms with Crippen molar-refractivity contribution in [1.29, 1.82) is 0 Å². The molecular weight excluding hydrogens is 479 g/mol. The van der Waals surface area contributed by atoms with E-state index in [0.717, 1.165) is 35.0 Å². The van der Waals surface area contributed by atoms with Crippen LogP contribution in [-0.2, 0) is 9.53 Å². The summed E-state index contributed by atoms with van der Waals surface area (Å²) in [6.45, 7) is 0.747. The van der Waals surface area contributed by atoms with Crippen LogP contribution in [0.3, 0.4) is 0 Å². The van der Waals surface area contributed by atoms with E-state index in [1.54, 1.807) is 19.2 Å². The smallest absolute Gasteiger partial charge is 0.496 e. The van der Waals surface area contributed by atoms with E-state index in [2.05, 4.69) is 25.6 Å². The molecule has 1 fully saturated rings. The molecule has 2 aromatic rings. The Morgan fingerprint density at radius 3 is 2.48 bits per heavy atom. The van der Waals surface area contributed by atoms with Gasteiger partial charge in [-0.1, -0.05) is 18.2 Å². The number of esters is 1. The van der Waals surface area contributed by atoms with E-state index in [9.17, 15) is 18.0 Å². The average molecular weight is 502 g/mol. The monoisotopic (exact) mass is 501 g/mol. The van der Waals surface area contributed by atoms with E-state index < -0.39 is 6.36 Å². The highest BCUT2D eigenvalue weighted by molar-refractivity contribution is 9.10. The molecule has 0 N–H and O–H groups in total. The number of carbonyl (C=O) groups is 1. The van der Waals surface area contributed by atoms with Crippen LogP contribution >= 0.6 is 15.9 Å². The van der Waals surface area contributed by atoms with Crippen LogP contribution in [0, 0.1) is 0 Å². The van der Waals surface area contributed by atoms with Gasteiger partial charge in [0, 0.05) is 12.1 Å². The standard InChI is InChI=1S/C22H23BrF3NO4/c1-29-20-10-7-15(12-17(20)23)19(13-21(28)30-2)27-11-3-4-18(27)14-5-8-16(9-6-14)31-22(24,25)26/h5-10,12,18-19H,3-4,11,13H2,1-2H3. The highest BCUT2D eigenvalue weighted by Crippen LogP contribution is 2.42. The number of benzene rings is 2. The number of hydrogen-bond donors (Lipinski definition) is 0. The van der Waals surface area contributed by atoms with Crippen molar-refractivity contribution in [3.8, 4) is 11.5 Å². The number of rotatable bonds is 7. The minimum Gasteiger partial charge on any atom is -0.496 e. The Labute approximate surface area is 187 Å². The van der Waals surface area contributed by atoms with Crippen LogP contribution in [0.25, 0.3) is 0 Å². The minimum absolute atomic E-state index is 0.0459. The number of methoxy groups -OCH3 is 2. The highest BCUT2D eigenvalue weighted by atomic mass is 79.9. The lowest BCUT2D eigenvalue weighted by atomic mass is 9.98. The largest absolute Gasteiger partial charge is 0.573 e. The summed E-state index contributed by atoms with van der Waals surface area (Å²) in [4.78, 5) is 14.4. The van der Waals surface area contributed by atoms with Gasteiger partial charge < -0.3 is 14.2 Å². The summed E-state index contributed by atoms with van der Waals surface area (Å²) in [5.41, 5.74) is 1.79. The molecule has 0 saturated carbocycles. The molecule has 0 amide bonds. The van der Waals surface area contributed by atoms with Gasteiger partial charge in [-0.3, -0.25) is 9.69 Å². The number of ether oxygens (including phenoxy) is 3. The second-order valence-electron chi connectivity index (χ2n) is 7.20. The van der Waals surface area contributed by atoms with Crippen molar-refractivity contribution in [2.24, 2.45) is 0 Å². The molecule has 31 heavy (non-hydrogen) atoms. The summed E-state index contributed by atoms with van der Waals surface area (Å²) < 4.78 is 52.3. The molecule has 0 aliphatic carbocycles. The highest BCUT2D eigenvalue weighted by Gasteiger charge is 2.35. The lowest BCUT2D eigenvalue weighted by molar-refractivity contribution is -0.274. The molecule has 9 heteroatoms. The first-order valence-electron chi connectivity index (χ1n) is 9.73. The molecule has 0 aromatic heterocycles. The maximum atomic E-state index is 12.5. The summed E-state index contributed by atoms with van der Waals surface area (Å²) in [5.74, 6) is 0.0845. The summed E-state index contributed by atoms with van der Waals surface area (Å²) in [7, 11) is 2.93. The van der Waals surface area contributed by atoms with Gasteiger partial charge in [-0.05, 0) is 70.7 Å². The number of likely N-dealkylation sites (tertiary alicyclic amines) is 1. The Morgan fingerprint density at radius 2 is 1.90 bits per heavy atom. The fourth-order valence-corrected chi connectivity index (χ4v) is 4.53. The Bertz CT molecular complexity index is 905. The van der Waals surface area contributed by atoms with Crippen LogP contribution in [0.2, 0.25) is 0 Å². The molecule has 1 aliphatic rings. The fourth-order valence-electron chi connectivity index (χ4n) is 3.97. The van der Waals surface area contributed by atoms with Gasteiger partial charge in [-0.15, -0.1) is 13.2 Å². The molecule has 1 saturated heterocycles. The normalized spacial score (nSPS) is 17.9. The van der Waals surface area contributed by atoms with Crippen LogP contribution in [-0.4, -0.2) is 38.0 Å². The van der Waals surface area contributed by atoms with Crippen LogP contribution < -0.4 is 9.47 Å². The number of hydrogen-bond acceptors (Lipinski definition) is 5. The average Bonchev–Trinajstić information content (AvgIpc) is 3.20. The van der Waals surface area contributed by atoms with Gasteiger partial charge in [-0.25, -0.2) is 0 Å². The van der Waals surface area contributed by atoms with Crippen molar-refractivity contribution >= 4 is 21.9 Å². The molecule has 2 aromatic carbocycles. The first-order valence-corrected chi connectivity index (χ1v) is 10.5. The Morgan fingerprint density at radius 1 is 1.19 bits per heavy atom. The van der Waals surface area contributed by atoms with Gasteiger partial charge in [0.15, 0.2) is 0 Å². The lowest BCUT2D eigenvalue weighted by Gasteiger charge is -2.33. The van der Waals surface area contributed by atoms with E-state index in [0.29, 0.717) is 5.75 Å². The molecular formula is C22H23BrF3NO4. The predicted octanol–water partition coefficient (Wildman–Crippen LogP) is 5.80. The van der Waals surface area contributed by atoms with Crippen molar-refractivity contribution in [2.75, 3.05) is 20.8 Å². The van der Waals surface area contributed by atoms with Gasteiger partial charge in [0.2, 0.25) is 0 Å². The van der Waals surface area contributed by atoms with Crippen molar-refractivity contribution in [3.05, 3.63) is 58.1 Å². The van der Waals surface area contributed by atoms with Crippen LogP contribution in [0.1, 0.15) is 42.5 Å². The predicted molar refractivity (Wildman–Crippen MR) is 112 cm³/mol. The summed E-state index contributed by atoms with van der Waals surface area (Å²) in [6, 6.07) is 11.3. The van der Waals surface area contributed by atoms with E-state index in [1.807, 2.05) is 18.2 Å². The second kappa shape index (κ2) is 9.91. The molecule has 168 valence electrons. The topological polar surface area (TPSA) is 48.0 Å². The van der Waals surface area contributed by atoms with Crippen LogP contribution in [0.4, 0.5) is 13.2 Å². The van der Waals surface area contributed by atoms with E-state index in [-0.39, 0.29) is 30.2 Å². The van der Waals surface area contributed by atoms with Crippen molar-refractivity contribution in [1.82, 2.24) is 4.90 Å². The minimum atomic E-state index is -4.73. The maximum absolute atomic E-state index is 12.5. The molecule has 0 bridgehead atoms. The Hall–Kier alpha value is -2.26. The summed E-state index contributed by atoms with van der Waals surface area (Å²) >= 11 is 3.49. The summed E-state index contributed by atoms with van der Waals surface area (Å²) in [6.07, 6.45) is -2.84. The van der Waals surface area contributed by atoms with E-state index in [1.165, 1.54) is 19.2 Å². The first-order chi connectivity index (χ1) is 14.7. The zero-order chi connectivity index (χ0) is 22.6. The van der Waals surface area contributed by atoms with Crippen LogP contribution in [0.15, 0.2) is 46.9 Å².